The second-order valence-electron chi connectivity index (χ2n) is 6.67. The fourth-order valence-electron chi connectivity index (χ4n) is 3.36. The summed E-state index contributed by atoms with van der Waals surface area (Å²) in [4.78, 5) is 38.7. The first-order chi connectivity index (χ1) is 13.1. The smallest absolute Gasteiger partial charge is 0.261 e. The van der Waals surface area contributed by atoms with E-state index in [9.17, 15) is 14.4 Å². The van der Waals surface area contributed by atoms with Gasteiger partial charge < -0.3 is 10.6 Å². The van der Waals surface area contributed by atoms with Gasteiger partial charge in [0.1, 0.15) is 0 Å². The summed E-state index contributed by atoms with van der Waals surface area (Å²) in [5.74, 6) is -0.630. The summed E-state index contributed by atoms with van der Waals surface area (Å²) in [6.07, 6.45) is 1.79. The molecule has 142 valence electrons. The van der Waals surface area contributed by atoms with E-state index in [1.165, 1.54) is 4.90 Å². The summed E-state index contributed by atoms with van der Waals surface area (Å²) in [5, 5.41) is 7.68. The molecular weight excluding hydrogens is 342 g/mol. The lowest BCUT2D eigenvalue weighted by molar-refractivity contribution is -0.121. The predicted molar refractivity (Wildman–Crippen MR) is 105 cm³/mol. The molecule has 3 amide bonds. The molecule has 0 aromatic heterocycles. The topological polar surface area (TPSA) is 78.5 Å². The van der Waals surface area contributed by atoms with Crippen LogP contribution < -0.4 is 10.6 Å². The Labute approximate surface area is 158 Å². The van der Waals surface area contributed by atoms with Crippen LogP contribution in [-0.2, 0) is 4.79 Å². The van der Waals surface area contributed by atoms with Gasteiger partial charge in [0, 0.05) is 42.6 Å². The molecule has 2 aromatic rings. The Bertz CT molecular complexity index is 812. The first kappa shape index (κ1) is 19.0. The lowest BCUT2D eigenvalue weighted by atomic mass is 9.94. The number of rotatable bonds is 9. The highest BCUT2D eigenvalue weighted by molar-refractivity contribution is 6.25. The quantitative estimate of drug-likeness (QED) is 0.527. The fraction of sp³-hybridized carbons (Fsp3) is 0.381. The van der Waals surface area contributed by atoms with Crippen LogP contribution in [0.15, 0.2) is 36.4 Å². The molecule has 27 heavy (non-hydrogen) atoms. The van der Waals surface area contributed by atoms with Crippen molar-refractivity contribution in [2.45, 2.75) is 26.2 Å². The van der Waals surface area contributed by atoms with E-state index in [1.807, 2.05) is 24.3 Å². The van der Waals surface area contributed by atoms with E-state index in [0.29, 0.717) is 24.1 Å². The zero-order valence-electron chi connectivity index (χ0n) is 15.6. The Morgan fingerprint density at radius 1 is 0.963 bits per heavy atom. The van der Waals surface area contributed by atoms with Crippen molar-refractivity contribution in [3.8, 4) is 0 Å². The Kier molecular flexibility index (Phi) is 6.19. The monoisotopic (exact) mass is 367 g/mol. The Morgan fingerprint density at radius 3 is 2.26 bits per heavy atom. The van der Waals surface area contributed by atoms with E-state index in [2.05, 4.69) is 17.6 Å². The van der Waals surface area contributed by atoms with E-state index < -0.39 is 0 Å². The van der Waals surface area contributed by atoms with E-state index in [-0.39, 0.29) is 30.7 Å². The zero-order chi connectivity index (χ0) is 19.2. The molecule has 1 aliphatic heterocycles. The van der Waals surface area contributed by atoms with Crippen LogP contribution in [0.3, 0.4) is 0 Å². The standard InChI is InChI=1S/C21H25N3O3/c1-2-11-22-12-13-23-18(25)10-5-14-24-20(26)16-8-3-6-15-7-4-9-17(19(15)16)21(24)27/h3-4,6-9,22H,2,5,10-14H2,1H3,(H,23,25). The van der Waals surface area contributed by atoms with Gasteiger partial charge in [0.15, 0.2) is 0 Å². The normalized spacial score (nSPS) is 13.3. The molecule has 3 rings (SSSR count). The number of carbonyl (C=O) groups excluding carboxylic acids is 3. The van der Waals surface area contributed by atoms with Gasteiger partial charge in [-0.2, -0.15) is 0 Å². The van der Waals surface area contributed by atoms with Gasteiger partial charge in [-0.15, -0.1) is 0 Å². The third-order valence-electron chi connectivity index (χ3n) is 4.69. The van der Waals surface area contributed by atoms with Crippen molar-refractivity contribution in [2.24, 2.45) is 0 Å². The summed E-state index contributed by atoms with van der Waals surface area (Å²) in [5.41, 5.74) is 1.10. The van der Waals surface area contributed by atoms with Crippen LogP contribution in [0, 0.1) is 0 Å². The summed E-state index contributed by atoms with van der Waals surface area (Å²) in [6, 6.07) is 11.0. The van der Waals surface area contributed by atoms with Crippen LogP contribution in [-0.4, -0.2) is 48.8 Å². The molecule has 2 aromatic carbocycles. The minimum Gasteiger partial charge on any atom is -0.355 e. The minimum atomic E-state index is -0.284. The highest BCUT2D eigenvalue weighted by Crippen LogP contribution is 2.29. The van der Waals surface area contributed by atoms with Gasteiger partial charge in [-0.3, -0.25) is 19.3 Å². The van der Waals surface area contributed by atoms with Gasteiger partial charge in [-0.1, -0.05) is 31.2 Å². The van der Waals surface area contributed by atoms with Crippen LogP contribution in [0.25, 0.3) is 10.8 Å². The predicted octanol–water partition coefficient (Wildman–Crippen LogP) is 2.33. The van der Waals surface area contributed by atoms with E-state index in [4.69, 9.17) is 0 Å². The number of benzene rings is 2. The first-order valence-electron chi connectivity index (χ1n) is 9.49. The Morgan fingerprint density at radius 2 is 1.63 bits per heavy atom. The maximum atomic E-state index is 12.8. The Balaban J connectivity index is 1.57. The molecule has 1 heterocycles. The molecule has 0 saturated carbocycles. The van der Waals surface area contributed by atoms with Gasteiger partial charge in [0.25, 0.3) is 11.8 Å². The van der Waals surface area contributed by atoms with Crippen molar-refractivity contribution < 1.29 is 14.4 Å². The van der Waals surface area contributed by atoms with E-state index >= 15 is 0 Å². The molecule has 6 heteroatoms. The van der Waals surface area contributed by atoms with Gasteiger partial charge in [-0.05, 0) is 36.9 Å². The van der Waals surface area contributed by atoms with Crippen LogP contribution in [0.4, 0.5) is 0 Å². The third kappa shape index (κ3) is 4.17. The molecule has 0 radical (unpaired) electrons. The average Bonchev–Trinajstić information content (AvgIpc) is 2.68. The van der Waals surface area contributed by atoms with Crippen molar-refractivity contribution in [1.29, 1.82) is 0 Å². The zero-order valence-corrected chi connectivity index (χ0v) is 15.6. The number of nitrogens with zero attached hydrogens (tertiary/aromatic N) is 1. The minimum absolute atomic E-state index is 0.0623. The summed E-state index contributed by atoms with van der Waals surface area (Å²) < 4.78 is 0. The van der Waals surface area contributed by atoms with Gasteiger partial charge in [0.05, 0.1) is 0 Å². The number of hydrogen-bond donors (Lipinski definition) is 2. The van der Waals surface area contributed by atoms with Crippen LogP contribution in [0.5, 0.6) is 0 Å². The largest absolute Gasteiger partial charge is 0.355 e. The molecule has 2 N–H and O–H groups in total. The van der Waals surface area contributed by atoms with Crippen molar-refractivity contribution >= 4 is 28.5 Å². The Hall–Kier alpha value is -2.73. The van der Waals surface area contributed by atoms with Crippen LogP contribution in [0.2, 0.25) is 0 Å². The number of amides is 3. The number of imide groups is 1. The van der Waals surface area contributed by atoms with E-state index in [0.717, 1.165) is 30.3 Å². The molecule has 0 saturated heterocycles. The second-order valence-corrected chi connectivity index (χ2v) is 6.67. The number of carbonyl (C=O) groups is 3. The maximum absolute atomic E-state index is 12.8. The molecule has 1 aliphatic rings. The van der Waals surface area contributed by atoms with E-state index in [1.54, 1.807) is 12.1 Å². The van der Waals surface area contributed by atoms with Gasteiger partial charge in [0.2, 0.25) is 5.91 Å². The van der Waals surface area contributed by atoms with Gasteiger partial charge in [-0.25, -0.2) is 0 Å². The molecule has 0 aliphatic carbocycles. The molecule has 0 spiro atoms. The van der Waals surface area contributed by atoms with Crippen molar-refractivity contribution in [3.63, 3.8) is 0 Å². The highest BCUT2D eigenvalue weighted by atomic mass is 16.2. The van der Waals surface area contributed by atoms with Crippen LogP contribution >= 0.6 is 0 Å². The lowest BCUT2D eigenvalue weighted by Crippen LogP contribution is -2.41. The van der Waals surface area contributed by atoms with Gasteiger partial charge >= 0.3 is 0 Å². The first-order valence-corrected chi connectivity index (χ1v) is 9.49. The average molecular weight is 367 g/mol. The third-order valence-corrected chi connectivity index (χ3v) is 4.69. The molecule has 0 atom stereocenters. The SMILES string of the molecule is CCCNCCNC(=O)CCCN1C(=O)c2cccc3cccc(c23)C1=O. The lowest BCUT2D eigenvalue weighted by Gasteiger charge is -2.27. The van der Waals surface area contributed by atoms with Crippen molar-refractivity contribution in [1.82, 2.24) is 15.5 Å². The number of nitrogens with one attached hydrogen (secondary N) is 2. The van der Waals surface area contributed by atoms with Crippen molar-refractivity contribution in [3.05, 3.63) is 47.5 Å². The summed E-state index contributed by atoms with van der Waals surface area (Å²) in [7, 11) is 0. The summed E-state index contributed by atoms with van der Waals surface area (Å²) in [6.45, 7) is 4.58. The maximum Gasteiger partial charge on any atom is 0.261 e. The van der Waals surface area contributed by atoms with Crippen molar-refractivity contribution in [2.75, 3.05) is 26.2 Å². The summed E-state index contributed by atoms with van der Waals surface area (Å²) >= 11 is 0. The molecule has 6 nitrogen and oxygen atoms in total. The number of hydrogen-bond acceptors (Lipinski definition) is 4. The van der Waals surface area contributed by atoms with Crippen LogP contribution in [0.1, 0.15) is 46.9 Å². The molecule has 0 bridgehead atoms. The molecular formula is C21H25N3O3. The fourth-order valence-corrected chi connectivity index (χ4v) is 3.36. The highest BCUT2D eigenvalue weighted by Gasteiger charge is 2.32. The molecule has 0 unspecified atom stereocenters. The second kappa shape index (κ2) is 8.77. The molecule has 0 fully saturated rings.